The van der Waals surface area contributed by atoms with E-state index in [0.29, 0.717) is 18.9 Å². The summed E-state index contributed by atoms with van der Waals surface area (Å²) in [6, 6.07) is 10.4. The summed E-state index contributed by atoms with van der Waals surface area (Å²) < 4.78 is 0. The lowest BCUT2D eigenvalue weighted by Crippen LogP contribution is -2.16. The third kappa shape index (κ3) is 6.67. The molecule has 0 bridgehead atoms. The average Bonchev–Trinajstić information content (AvgIpc) is 2.37. The Hall–Kier alpha value is -1.00. The molecule has 1 aromatic rings. The molecule has 4 N–H and O–H groups in total. The maximum Gasteiger partial charge on any atom is 0.217 e. The number of rotatable bonds is 9. The summed E-state index contributed by atoms with van der Waals surface area (Å²) in [7, 11) is 0. The minimum absolute atomic E-state index is 0.218. The van der Waals surface area contributed by atoms with Crippen LogP contribution in [-0.2, 0) is 10.5 Å². The minimum atomic E-state index is -0.218. The average molecular weight is 266 g/mol. The lowest BCUT2D eigenvalue weighted by molar-refractivity contribution is -0.118. The molecule has 0 fully saturated rings. The van der Waals surface area contributed by atoms with Crippen LogP contribution in [0.15, 0.2) is 30.3 Å². The Labute approximate surface area is 113 Å². The summed E-state index contributed by atoms with van der Waals surface area (Å²) in [5.41, 5.74) is 12.1. The summed E-state index contributed by atoms with van der Waals surface area (Å²) in [5, 5.41) is 0. The quantitative estimate of drug-likeness (QED) is 0.719. The summed E-state index contributed by atoms with van der Waals surface area (Å²) in [4.78, 5) is 10.8. The Morgan fingerprint density at radius 3 is 2.56 bits per heavy atom. The third-order valence-electron chi connectivity index (χ3n) is 2.84. The molecule has 1 rings (SSSR count). The van der Waals surface area contributed by atoms with E-state index in [4.69, 9.17) is 11.5 Å². The monoisotopic (exact) mass is 266 g/mol. The molecule has 4 heteroatoms. The van der Waals surface area contributed by atoms with Crippen molar-refractivity contribution in [2.75, 3.05) is 12.3 Å². The van der Waals surface area contributed by atoms with Crippen LogP contribution in [0, 0.1) is 5.92 Å². The van der Waals surface area contributed by atoms with E-state index in [0.717, 1.165) is 24.3 Å². The van der Waals surface area contributed by atoms with Gasteiger partial charge in [0.25, 0.3) is 0 Å². The van der Waals surface area contributed by atoms with Gasteiger partial charge in [-0.3, -0.25) is 4.79 Å². The summed E-state index contributed by atoms with van der Waals surface area (Å²) in [5.74, 6) is 2.33. The van der Waals surface area contributed by atoms with Crippen molar-refractivity contribution < 1.29 is 4.79 Å². The highest BCUT2D eigenvalue weighted by atomic mass is 32.2. The first-order valence-electron chi connectivity index (χ1n) is 6.32. The molecule has 100 valence electrons. The number of hydrogen-bond donors (Lipinski definition) is 2. The predicted octanol–water partition coefficient (Wildman–Crippen LogP) is 2.15. The molecule has 0 heterocycles. The van der Waals surface area contributed by atoms with Gasteiger partial charge in [-0.25, -0.2) is 0 Å². The largest absolute Gasteiger partial charge is 0.370 e. The Kier molecular flexibility index (Phi) is 7.53. The van der Waals surface area contributed by atoms with Gasteiger partial charge in [-0.05, 0) is 36.6 Å². The Bertz CT molecular complexity index is 343. The molecule has 0 saturated carbocycles. The van der Waals surface area contributed by atoms with E-state index in [1.807, 2.05) is 17.8 Å². The van der Waals surface area contributed by atoms with Gasteiger partial charge in [0.1, 0.15) is 0 Å². The summed E-state index contributed by atoms with van der Waals surface area (Å²) in [6.45, 7) is 0.676. The van der Waals surface area contributed by atoms with Crippen molar-refractivity contribution in [3.05, 3.63) is 35.9 Å². The van der Waals surface area contributed by atoms with Gasteiger partial charge in [0.15, 0.2) is 0 Å². The zero-order valence-electron chi connectivity index (χ0n) is 10.7. The second-order valence-corrected chi connectivity index (χ2v) is 5.48. The lowest BCUT2D eigenvalue weighted by atomic mass is 10.0. The van der Waals surface area contributed by atoms with Crippen LogP contribution in [0.25, 0.3) is 0 Å². The van der Waals surface area contributed by atoms with Crippen LogP contribution in [0.4, 0.5) is 0 Å². The van der Waals surface area contributed by atoms with E-state index in [2.05, 4.69) is 24.3 Å². The van der Waals surface area contributed by atoms with Gasteiger partial charge in [-0.15, -0.1) is 0 Å². The lowest BCUT2D eigenvalue weighted by Gasteiger charge is -2.14. The number of hydrogen-bond acceptors (Lipinski definition) is 3. The Morgan fingerprint density at radius 1 is 1.22 bits per heavy atom. The van der Waals surface area contributed by atoms with Crippen LogP contribution < -0.4 is 11.5 Å². The zero-order chi connectivity index (χ0) is 13.2. The van der Waals surface area contributed by atoms with Crippen LogP contribution in [0.2, 0.25) is 0 Å². The van der Waals surface area contributed by atoms with Crippen molar-refractivity contribution in [2.45, 2.75) is 25.0 Å². The number of primary amides is 1. The van der Waals surface area contributed by atoms with Crippen LogP contribution in [0.5, 0.6) is 0 Å². The standard InChI is InChI=1S/C14H22N2OS/c15-9-8-13(6-7-14(16)17)11-18-10-12-4-2-1-3-5-12/h1-5,13H,6-11,15H2,(H2,16,17)/t13-/m1/s1. The second kappa shape index (κ2) is 9.00. The molecule has 0 radical (unpaired) electrons. The molecule has 0 aromatic heterocycles. The first-order valence-corrected chi connectivity index (χ1v) is 7.48. The van der Waals surface area contributed by atoms with Gasteiger partial charge in [-0.2, -0.15) is 11.8 Å². The SMILES string of the molecule is NCC[C@@H](CCC(N)=O)CSCc1ccccc1. The van der Waals surface area contributed by atoms with E-state index in [9.17, 15) is 4.79 Å². The molecule has 18 heavy (non-hydrogen) atoms. The van der Waals surface area contributed by atoms with Crippen molar-refractivity contribution in [3.8, 4) is 0 Å². The maximum absolute atomic E-state index is 10.8. The molecule has 0 aliphatic rings. The first-order chi connectivity index (χ1) is 8.72. The fraction of sp³-hybridized carbons (Fsp3) is 0.500. The second-order valence-electron chi connectivity index (χ2n) is 4.45. The molecular weight excluding hydrogens is 244 g/mol. The van der Waals surface area contributed by atoms with Crippen molar-refractivity contribution in [3.63, 3.8) is 0 Å². The van der Waals surface area contributed by atoms with E-state index in [1.54, 1.807) is 0 Å². The Morgan fingerprint density at radius 2 is 1.94 bits per heavy atom. The number of benzene rings is 1. The predicted molar refractivity (Wildman–Crippen MR) is 78.2 cm³/mol. The number of amides is 1. The van der Waals surface area contributed by atoms with E-state index in [1.165, 1.54) is 5.56 Å². The number of thioether (sulfide) groups is 1. The number of carbonyl (C=O) groups excluding carboxylic acids is 1. The molecule has 0 aliphatic heterocycles. The molecule has 0 aliphatic carbocycles. The molecular formula is C14H22N2OS. The van der Waals surface area contributed by atoms with Gasteiger partial charge in [0.2, 0.25) is 5.91 Å². The summed E-state index contributed by atoms with van der Waals surface area (Å²) in [6.07, 6.45) is 2.29. The van der Waals surface area contributed by atoms with Gasteiger partial charge in [0.05, 0.1) is 0 Å². The van der Waals surface area contributed by atoms with Gasteiger partial charge in [-0.1, -0.05) is 30.3 Å². The fourth-order valence-electron chi connectivity index (χ4n) is 1.81. The van der Waals surface area contributed by atoms with Crippen molar-refractivity contribution in [1.29, 1.82) is 0 Å². The van der Waals surface area contributed by atoms with Crippen LogP contribution in [-0.4, -0.2) is 18.2 Å². The maximum atomic E-state index is 10.8. The van der Waals surface area contributed by atoms with E-state index in [-0.39, 0.29) is 5.91 Å². The van der Waals surface area contributed by atoms with Crippen LogP contribution in [0.1, 0.15) is 24.8 Å². The number of carbonyl (C=O) groups is 1. The smallest absolute Gasteiger partial charge is 0.217 e. The molecule has 1 amide bonds. The zero-order valence-corrected chi connectivity index (χ0v) is 11.5. The van der Waals surface area contributed by atoms with Crippen LogP contribution in [0.3, 0.4) is 0 Å². The third-order valence-corrected chi connectivity index (χ3v) is 4.08. The number of nitrogens with two attached hydrogens (primary N) is 2. The topological polar surface area (TPSA) is 69.1 Å². The van der Waals surface area contributed by atoms with Crippen molar-refractivity contribution in [1.82, 2.24) is 0 Å². The normalized spacial score (nSPS) is 12.3. The highest BCUT2D eigenvalue weighted by Gasteiger charge is 2.09. The minimum Gasteiger partial charge on any atom is -0.370 e. The molecule has 1 atom stereocenters. The van der Waals surface area contributed by atoms with Crippen molar-refractivity contribution >= 4 is 17.7 Å². The van der Waals surface area contributed by atoms with Gasteiger partial charge < -0.3 is 11.5 Å². The molecule has 0 saturated heterocycles. The molecule has 1 aromatic carbocycles. The fourth-order valence-corrected chi connectivity index (χ4v) is 3.02. The molecule has 0 spiro atoms. The highest BCUT2D eigenvalue weighted by Crippen LogP contribution is 2.20. The van der Waals surface area contributed by atoms with Gasteiger partial charge >= 0.3 is 0 Å². The van der Waals surface area contributed by atoms with E-state index < -0.39 is 0 Å². The van der Waals surface area contributed by atoms with Crippen LogP contribution >= 0.6 is 11.8 Å². The summed E-state index contributed by atoms with van der Waals surface area (Å²) >= 11 is 1.90. The van der Waals surface area contributed by atoms with E-state index >= 15 is 0 Å². The van der Waals surface area contributed by atoms with Gasteiger partial charge in [0, 0.05) is 12.2 Å². The highest BCUT2D eigenvalue weighted by molar-refractivity contribution is 7.98. The molecule has 3 nitrogen and oxygen atoms in total. The Balaban J connectivity index is 2.26. The molecule has 0 unspecified atom stereocenters. The first kappa shape index (κ1) is 15.1. The van der Waals surface area contributed by atoms with Crippen molar-refractivity contribution in [2.24, 2.45) is 17.4 Å².